The summed E-state index contributed by atoms with van der Waals surface area (Å²) in [5.74, 6) is -0.552. The molecule has 1 amide bonds. The summed E-state index contributed by atoms with van der Waals surface area (Å²) in [5, 5.41) is 2.85. The fourth-order valence-electron chi connectivity index (χ4n) is 2.37. The SMILES string of the molecule is CC(C)NC(=O)c1nc2ccccn2c1-c1ccc(F)cc1. The Morgan fingerprint density at radius 2 is 1.91 bits per heavy atom. The van der Waals surface area contributed by atoms with Gasteiger partial charge in [0.2, 0.25) is 0 Å². The number of nitrogens with zero attached hydrogens (tertiary/aromatic N) is 2. The van der Waals surface area contributed by atoms with Crippen LogP contribution in [0.2, 0.25) is 0 Å². The van der Waals surface area contributed by atoms with E-state index in [0.717, 1.165) is 5.56 Å². The third-order valence-electron chi connectivity index (χ3n) is 3.28. The van der Waals surface area contributed by atoms with Crippen LogP contribution in [0.3, 0.4) is 0 Å². The molecule has 0 aliphatic heterocycles. The monoisotopic (exact) mass is 297 g/mol. The topological polar surface area (TPSA) is 46.4 Å². The molecule has 5 heteroatoms. The normalized spacial score (nSPS) is 11.1. The van der Waals surface area contributed by atoms with E-state index in [1.807, 2.05) is 42.6 Å². The second-order valence-corrected chi connectivity index (χ2v) is 5.37. The van der Waals surface area contributed by atoms with E-state index in [1.54, 1.807) is 12.1 Å². The zero-order chi connectivity index (χ0) is 15.7. The standard InChI is InChI=1S/C17H16FN3O/c1-11(2)19-17(22)15-16(12-6-8-13(18)9-7-12)21-10-4-3-5-14(21)20-15/h3-11H,1-2H3,(H,19,22). The first-order chi connectivity index (χ1) is 10.6. The van der Waals surface area contributed by atoms with Crippen molar-refractivity contribution in [3.8, 4) is 11.3 Å². The lowest BCUT2D eigenvalue weighted by Gasteiger charge is -2.09. The number of rotatable bonds is 3. The fraction of sp³-hybridized carbons (Fsp3) is 0.176. The van der Waals surface area contributed by atoms with Crippen LogP contribution in [0.25, 0.3) is 16.9 Å². The largest absolute Gasteiger partial charge is 0.348 e. The van der Waals surface area contributed by atoms with Crippen LogP contribution in [-0.2, 0) is 0 Å². The minimum absolute atomic E-state index is 0.0124. The molecule has 3 rings (SSSR count). The van der Waals surface area contributed by atoms with Crippen molar-refractivity contribution in [2.24, 2.45) is 0 Å². The van der Waals surface area contributed by atoms with Gasteiger partial charge in [-0.25, -0.2) is 9.37 Å². The summed E-state index contributed by atoms with van der Waals surface area (Å²) in [6.45, 7) is 3.79. The van der Waals surface area contributed by atoms with Gasteiger partial charge < -0.3 is 5.32 Å². The molecule has 4 nitrogen and oxygen atoms in total. The van der Waals surface area contributed by atoms with Gasteiger partial charge in [-0.05, 0) is 50.2 Å². The van der Waals surface area contributed by atoms with E-state index in [9.17, 15) is 9.18 Å². The number of halogens is 1. The maximum atomic E-state index is 13.2. The number of carbonyl (C=O) groups is 1. The highest BCUT2D eigenvalue weighted by Gasteiger charge is 2.20. The molecule has 0 spiro atoms. The zero-order valence-electron chi connectivity index (χ0n) is 12.4. The zero-order valence-corrected chi connectivity index (χ0v) is 12.4. The van der Waals surface area contributed by atoms with Crippen LogP contribution in [0.5, 0.6) is 0 Å². The fourth-order valence-corrected chi connectivity index (χ4v) is 2.37. The summed E-state index contributed by atoms with van der Waals surface area (Å²) in [4.78, 5) is 16.8. The van der Waals surface area contributed by atoms with Gasteiger partial charge in [-0.2, -0.15) is 0 Å². The second kappa shape index (κ2) is 5.60. The van der Waals surface area contributed by atoms with Crippen molar-refractivity contribution in [1.29, 1.82) is 0 Å². The lowest BCUT2D eigenvalue weighted by atomic mass is 10.1. The predicted octanol–water partition coefficient (Wildman–Crippen LogP) is 3.28. The molecular formula is C17H16FN3O. The average Bonchev–Trinajstić information content (AvgIpc) is 2.87. The molecule has 0 unspecified atom stereocenters. The molecule has 0 radical (unpaired) electrons. The van der Waals surface area contributed by atoms with Gasteiger partial charge in [-0.1, -0.05) is 6.07 Å². The van der Waals surface area contributed by atoms with E-state index < -0.39 is 0 Å². The molecule has 0 fully saturated rings. The van der Waals surface area contributed by atoms with Crippen molar-refractivity contribution in [3.63, 3.8) is 0 Å². The number of amides is 1. The first kappa shape index (κ1) is 14.3. The number of hydrogen-bond acceptors (Lipinski definition) is 2. The lowest BCUT2D eigenvalue weighted by molar-refractivity contribution is 0.0939. The van der Waals surface area contributed by atoms with Crippen molar-refractivity contribution >= 4 is 11.6 Å². The van der Waals surface area contributed by atoms with Gasteiger partial charge in [-0.15, -0.1) is 0 Å². The van der Waals surface area contributed by atoms with E-state index in [2.05, 4.69) is 10.3 Å². The molecule has 0 saturated carbocycles. The molecule has 22 heavy (non-hydrogen) atoms. The van der Waals surface area contributed by atoms with E-state index in [4.69, 9.17) is 0 Å². The van der Waals surface area contributed by atoms with Crippen LogP contribution in [0.1, 0.15) is 24.3 Å². The highest BCUT2D eigenvalue weighted by atomic mass is 19.1. The molecule has 0 aliphatic carbocycles. The van der Waals surface area contributed by atoms with Gasteiger partial charge in [0, 0.05) is 17.8 Å². The molecular weight excluding hydrogens is 281 g/mol. The Morgan fingerprint density at radius 1 is 1.18 bits per heavy atom. The maximum absolute atomic E-state index is 13.2. The number of imidazole rings is 1. The minimum atomic E-state index is -0.314. The van der Waals surface area contributed by atoms with Gasteiger partial charge in [0.1, 0.15) is 11.5 Å². The first-order valence-corrected chi connectivity index (χ1v) is 7.10. The molecule has 0 bridgehead atoms. The Morgan fingerprint density at radius 3 is 2.59 bits per heavy atom. The maximum Gasteiger partial charge on any atom is 0.272 e. The smallest absolute Gasteiger partial charge is 0.272 e. The number of nitrogens with one attached hydrogen (secondary N) is 1. The van der Waals surface area contributed by atoms with Gasteiger partial charge >= 0.3 is 0 Å². The Kier molecular flexibility index (Phi) is 3.63. The molecule has 2 aromatic heterocycles. The van der Waals surface area contributed by atoms with Crippen molar-refractivity contribution in [1.82, 2.24) is 14.7 Å². The third-order valence-corrected chi connectivity index (χ3v) is 3.28. The number of pyridine rings is 1. The highest BCUT2D eigenvalue weighted by Crippen LogP contribution is 2.25. The van der Waals surface area contributed by atoms with Crippen LogP contribution in [-0.4, -0.2) is 21.3 Å². The molecule has 112 valence electrons. The Hall–Kier alpha value is -2.69. The molecule has 0 atom stereocenters. The van der Waals surface area contributed by atoms with Crippen molar-refractivity contribution in [3.05, 3.63) is 60.2 Å². The van der Waals surface area contributed by atoms with E-state index in [1.165, 1.54) is 12.1 Å². The summed E-state index contributed by atoms with van der Waals surface area (Å²) in [7, 11) is 0. The van der Waals surface area contributed by atoms with Crippen LogP contribution in [0.4, 0.5) is 4.39 Å². The molecule has 0 saturated heterocycles. The van der Waals surface area contributed by atoms with Crippen molar-refractivity contribution < 1.29 is 9.18 Å². The summed E-state index contributed by atoms with van der Waals surface area (Å²) in [6, 6.07) is 11.6. The highest BCUT2D eigenvalue weighted by molar-refractivity contribution is 5.99. The first-order valence-electron chi connectivity index (χ1n) is 7.10. The van der Waals surface area contributed by atoms with Gasteiger partial charge in [-0.3, -0.25) is 9.20 Å². The van der Waals surface area contributed by atoms with Crippen LogP contribution in [0.15, 0.2) is 48.7 Å². The summed E-state index contributed by atoms with van der Waals surface area (Å²) in [5.41, 5.74) is 2.42. The molecule has 1 N–H and O–H groups in total. The molecule has 1 aromatic carbocycles. The lowest BCUT2D eigenvalue weighted by Crippen LogP contribution is -2.30. The van der Waals surface area contributed by atoms with Crippen molar-refractivity contribution in [2.45, 2.75) is 19.9 Å². The predicted molar refractivity (Wildman–Crippen MR) is 83.2 cm³/mol. The molecule has 0 aliphatic rings. The van der Waals surface area contributed by atoms with Gasteiger partial charge in [0.25, 0.3) is 5.91 Å². The number of fused-ring (bicyclic) bond motifs is 1. The summed E-state index contributed by atoms with van der Waals surface area (Å²) < 4.78 is 15.0. The van der Waals surface area contributed by atoms with Crippen LogP contribution >= 0.6 is 0 Å². The number of aromatic nitrogens is 2. The third kappa shape index (κ3) is 2.57. The molecule has 2 heterocycles. The quantitative estimate of drug-likeness (QED) is 0.806. The van der Waals surface area contributed by atoms with Gasteiger partial charge in [0.05, 0.1) is 5.69 Å². The number of hydrogen-bond donors (Lipinski definition) is 1. The Balaban J connectivity index is 2.21. The average molecular weight is 297 g/mol. The molecule has 3 aromatic rings. The second-order valence-electron chi connectivity index (χ2n) is 5.37. The van der Waals surface area contributed by atoms with E-state index in [-0.39, 0.29) is 17.8 Å². The Bertz CT molecular complexity index is 822. The minimum Gasteiger partial charge on any atom is -0.348 e. The van der Waals surface area contributed by atoms with Crippen molar-refractivity contribution in [2.75, 3.05) is 0 Å². The van der Waals surface area contributed by atoms with Crippen LogP contribution in [0, 0.1) is 5.82 Å². The number of carbonyl (C=O) groups excluding carboxylic acids is 1. The van der Waals surface area contributed by atoms with Gasteiger partial charge in [0.15, 0.2) is 5.69 Å². The summed E-state index contributed by atoms with van der Waals surface area (Å²) in [6.07, 6.45) is 1.84. The van der Waals surface area contributed by atoms with E-state index in [0.29, 0.717) is 17.0 Å². The van der Waals surface area contributed by atoms with Crippen LogP contribution < -0.4 is 5.32 Å². The summed E-state index contributed by atoms with van der Waals surface area (Å²) >= 11 is 0. The number of benzene rings is 1. The van der Waals surface area contributed by atoms with E-state index >= 15 is 0 Å². The Labute approximate surface area is 127 Å².